The zero-order chi connectivity index (χ0) is 18.5. The van der Waals surface area contributed by atoms with Crippen LogP contribution < -0.4 is 9.47 Å². The third-order valence-corrected chi connectivity index (χ3v) is 4.99. The molecule has 0 aliphatic carbocycles. The van der Waals surface area contributed by atoms with Gasteiger partial charge in [-0.05, 0) is 31.5 Å². The predicted molar refractivity (Wildman–Crippen MR) is 97.0 cm³/mol. The summed E-state index contributed by atoms with van der Waals surface area (Å²) in [6.07, 6.45) is -0.0240. The van der Waals surface area contributed by atoms with Crippen molar-refractivity contribution in [1.82, 2.24) is 14.7 Å². The first-order valence-corrected chi connectivity index (χ1v) is 9.27. The highest BCUT2D eigenvalue weighted by molar-refractivity contribution is 5.96. The molecule has 0 unspecified atom stereocenters. The van der Waals surface area contributed by atoms with Crippen molar-refractivity contribution in [3.63, 3.8) is 0 Å². The zero-order valence-corrected chi connectivity index (χ0v) is 15.6. The second-order valence-electron chi connectivity index (χ2n) is 6.59. The van der Waals surface area contributed by atoms with E-state index in [1.165, 1.54) is 5.56 Å². The largest absolute Gasteiger partial charge is 0.454 e. The lowest BCUT2D eigenvalue weighted by Gasteiger charge is -2.35. The highest BCUT2D eigenvalue weighted by atomic mass is 16.7. The van der Waals surface area contributed by atoms with Gasteiger partial charge >= 0.3 is 0 Å². The molecule has 7 heteroatoms. The van der Waals surface area contributed by atoms with Gasteiger partial charge in [0.15, 0.2) is 11.5 Å². The third-order valence-electron chi connectivity index (χ3n) is 4.99. The van der Waals surface area contributed by atoms with Crippen molar-refractivity contribution in [2.75, 3.05) is 46.1 Å². The molecule has 0 atom stereocenters. The van der Waals surface area contributed by atoms with E-state index in [4.69, 9.17) is 9.47 Å². The van der Waals surface area contributed by atoms with Crippen molar-refractivity contribution in [3.8, 4) is 11.5 Å². The first kappa shape index (κ1) is 18.5. The first-order valence-electron chi connectivity index (χ1n) is 9.27. The number of nitrogens with zero attached hydrogens (tertiary/aromatic N) is 3. The van der Waals surface area contributed by atoms with E-state index in [2.05, 4.69) is 4.90 Å². The molecular weight excluding hydrogens is 334 g/mol. The van der Waals surface area contributed by atoms with Gasteiger partial charge < -0.3 is 19.3 Å². The van der Waals surface area contributed by atoms with Crippen molar-refractivity contribution in [2.24, 2.45) is 0 Å². The first-order chi connectivity index (χ1) is 12.6. The number of hydrogen-bond acceptors (Lipinski definition) is 5. The molecule has 0 spiro atoms. The Bertz CT molecular complexity index is 652. The summed E-state index contributed by atoms with van der Waals surface area (Å²) in [5.41, 5.74) is 1.17. The van der Waals surface area contributed by atoms with E-state index in [9.17, 15) is 9.59 Å². The van der Waals surface area contributed by atoms with Crippen LogP contribution in [0.15, 0.2) is 18.2 Å². The predicted octanol–water partition coefficient (Wildman–Crippen LogP) is 1.32. The molecule has 2 aliphatic rings. The second kappa shape index (κ2) is 8.40. The zero-order valence-electron chi connectivity index (χ0n) is 15.6. The van der Waals surface area contributed by atoms with E-state index in [0.717, 1.165) is 31.1 Å². The number of carbonyl (C=O) groups excluding carboxylic acids is 2. The van der Waals surface area contributed by atoms with Crippen molar-refractivity contribution in [3.05, 3.63) is 23.8 Å². The fourth-order valence-corrected chi connectivity index (χ4v) is 3.38. The number of carbonyl (C=O) groups is 2. The lowest BCUT2D eigenvalue weighted by Crippen LogP contribution is -2.49. The van der Waals surface area contributed by atoms with Gasteiger partial charge in [-0.15, -0.1) is 0 Å². The Morgan fingerprint density at radius 3 is 2.42 bits per heavy atom. The van der Waals surface area contributed by atoms with Crippen molar-refractivity contribution in [1.29, 1.82) is 0 Å². The Hall–Kier alpha value is -2.28. The van der Waals surface area contributed by atoms with Gasteiger partial charge in [0.05, 0.1) is 0 Å². The second-order valence-corrected chi connectivity index (χ2v) is 6.59. The summed E-state index contributed by atoms with van der Waals surface area (Å²) in [4.78, 5) is 30.3. The number of ether oxygens (including phenoxy) is 2. The summed E-state index contributed by atoms with van der Waals surface area (Å²) in [6.45, 7) is 9.19. The van der Waals surface area contributed by atoms with Crippen LogP contribution >= 0.6 is 0 Å². The Morgan fingerprint density at radius 1 is 1.04 bits per heavy atom. The maximum absolute atomic E-state index is 12.4. The molecule has 2 amide bonds. The van der Waals surface area contributed by atoms with Crippen LogP contribution in [0.25, 0.3) is 0 Å². The van der Waals surface area contributed by atoms with Gasteiger partial charge in [0.25, 0.3) is 0 Å². The van der Waals surface area contributed by atoms with Crippen molar-refractivity contribution in [2.45, 2.75) is 26.8 Å². The molecule has 0 saturated carbocycles. The van der Waals surface area contributed by atoms with Crippen molar-refractivity contribution < 1.29 is 19.1 Å². The highest BCUT2D eigenvalue weighted by Gasteiger charge is 2.24. The van der Waals surface area contributed by atoms with E-state index < -0.39 is 0 Å². The summed E-state index contributed by atoms with van der Waals surface area (Å²) < 4.78 is 10.8. The summed E-state index contributed by atoms with van der Waals surface area (Å²) in [5, 5.41) is 0. The van der Waals surface area contributed by atoms with Gasteiger partial charge in [0, 0.05) is 45.8 Å². The highest BCUT2D eigenvalue weighted by Crippen LogP contribution is 2.32. The molecule has 1 aromatic carbocycles. The monoisotopic (exact) mass is 361 g/mol. The van der Waals surface area contributed by atoms with Crippen LogP contribution in [0.1, 0.15) is 25.8 Å². The quantitative estimate of drug-likeness (QED) is 0.715. The molecule has 0 radical (unpaired) electrons. The van der Waals surface area contributed by atoms with Crippen molar-refractivity contribution >= 4 is 11.8 Å². The normalized spacial score (nSPS) is 16.6. The summed E-state index contributed by atoms with van der Waals surface area (Å²) >= 11 is 0. The Morgan fingerprint density at radius 2 is 1.73 bits per heavy atom. The fourth-order valence-electron chi connectivity index (χ4n) is 3.38. The molecule has 2 heterocycles. The Labute approximate surface area is 154 Å². The fraction of sp³-hybridized carbons (Fsp3) is 0.579. The van der Waals surface area contributed by atoms with E-state index in [1.54, 1.807) is 9.80 Å². The van der Waals surface area contributed by atoms with Crippen LogP contribution in [0.2, 0.25) is 0 Å². The molecule has 7 nitrogen and oxygen atoms in total. The molecule has 1 saturated heterocycles. The molecule has 142 valence electrons. The van der Waals surface area contributed by atoms with Crippen LogP contribution in [-0.2, 0) is 16.1 Å². The summed E-state index contributed by atoms with van der Waals surface area (Å²) in [7, 11) is 0. The van der Waals surface area contributed by atoms with E-state index in [0.29, 0.717) is 26.2 Å². The average molecular weight is 361 g/mol. The van der Waals surface area contributed by atoms with Gasteiger partial charge in [-0.1, -0.05) is 6.07 Å². The molecular formula is C19H27N3O4. The lowest BCUT2D eigenvalue weighted by molar-refractivity contribution is -0.141. The van der Waals surface area contributed by atoms with E-state index >= 15 is 0 Å². The average Bonchev–Trinajstić information content (AvgIpc) is 3.11. The summed E-state index contributed by atoms with van der Waals surface area (Å²) in [5.74, 6) is 1.45. The minimum atomic E-state index is -0.0808. The minimum absolute atomic E-state index is 0.0240. The van der Waals surface area contributed by atoms with E-state index in [1.807, 2.05) is 32.0 Å². The number of piperazine rings is 1. The number of hydrogen-bond donors (Lipinski definition) is 0. The van der Waals surface area contributed by atoms with E-state index in [-0.39, 0.29) is 25.0 Å². The smallest absolute Gasteiger partial charge is 0.232 e. The molecule has 1 aromatic rings. The number of fused-ring (bicyclic) bond motifs is 1. The Balaban J connectivity index is 1.46. The molecule has 26 heavy (non-hydrogen) atoms. The van der Waals surface area contributed by atoms with Gasteiger partial charge in [-0.25, -0.2) is 0 Å². The Kier molecular flexibility index (Phi) is 5.98. The SMILES string of the molecule is CCN(CC)C(=O)CC(=O)N1CCN(Cc2ccc3c(c2)OCO3)CC1. The minimum Gasteiger partial charge on any atom is -0.454 e. The van der Waals surface area contributed by atoms with Gasteiger partial charge in [0.1, 0.15) is 6.42 Å². The molecule has 3 rings (SSSR count). The lowest BCUT2D eigenvalue weighted by atomic mass is 10.1. The van der Waals surface area contributed by atoms with Gasteiger partial charge in [-0.3, -0.25) is 14.5 Å². The third kappa shape index (κ3) is 4.27. The van der Waals surface area contributed by atoms with Crippen LogP contribution in [0.5, 0.6) is 11.5 Å². The molecule has 2 aliphatic heterocycles. The molecule has 0 bridgehead atoms. The van der Waals surface area contributed by atoms with Gasteiger partial charge in [-0.2, -0.15) is 0 Å². The maximum atomic E-state index is 12.4. The molecule has 1 fully saturated rings. The standard InChI is InChI=1S/C19H27N3O4/c1-3-21(4-2)18(23)12-19(24)22-9-7-20(8-10-22)13-15-5-6-16-17(11-15)26-14-25-16/h5-6,11H,3-4,7-10,12-14H2,1-2H3. The van der Waals surface area contributed by atoms with Crippen LogP contribution in [0.3, 0.4) is 0 Å². The number of amides is 2. The van der Waals surface area contributed by atoms with Crippen LogP contribution in [0.4, 0.5) is 0 Å². The van der Waals surface area contributed by atoms with Gasteiger partial charge in [0.2, 0.25) is 18.6 Å². The van der Waals surface area contributed by atoms with Crippen LogP contribution in [-0.4, -0.2) is 72.6 Å². The molecule has 0 N–H and O–H groups in total. The number of rotatable bonds is 6. The molecule has 0 aromatic heterocycles. The number of benzene rings is 1. The van der Waals surface area contributed by atoms with Crippen LogP contribution in [0, 0.1) is 0 Å². The summed E-state index contributed by atoms with van der Waals surface area (Å²) in [6, 6.07) is 6.01. The topological polar surface area (TPSA) is 62.3 Å². The maximum Gasteiger partial charge on any atom is 0.232 e.